The molecule has 0 radical (unpaired) electrons. The van der Waals surface area contributed by atoms with Crippen molar-refractivity contribution >= 4 is 45.7 Å². The van der Waals surface area contributed by atoms with Gasteiger partial charge < -0.3 is 14.6 Å². The van der Waals surface area contributed by atoms with Gasteiger partial charge in [-0.05, 0) is 11.6 Å². The molecule has 1 aromatic carbocycles. The first-order chi connectivity index (χ1) is 16.1. The number of aliphatic imine (C=N–C) groups is 1. The van der Waals surface area contributed by atoms with Gasteiger partial charge in [0.05, 0.1) is 28.8 Å². The summed E-state index contributed by atoms with van der Waals surface area (Å²) in [5.41, 5.74) is 3.96. The van der Waals surface area contributed by atoms with Crippen molar-refractivity contribution in [2.75, 3.05) is 11.9 Å². The monoisotopic (exact) mass is 439 g/mol. The molecule has 0 saturated carbocycles. The van der Waals surface area contributed by atoms with E-state index in [-0.39, 0.29) is 17.1 Å². The Bertz CT molecular complexity index is 1480. The second kappa shape index (κ2) is 6.99. The molecule has 0 saturated heterocycles. The Balaban J connectivity index is 1.59. The number of nitrogens with zero attached hydrogens (tertiary/aromatic N) is 3. The third-order valence-electron chi connectivity index (χ3n) is 6.16. The van der Waals surface area contributed by atoms with E-state index in [1.807, 2.05) is 23.1 Å². The highest BCUT2D eigenvalue weighted by Crippen LogP contribution is 2.40. The molecule has 3 aromatic rings. The van der Waals surface area contributed by atoms with Crippen LogP contribution < -0.4 is 15.5 Å². The molecule has 3 aliphatic rings. The van der Waals surface area contributed by atoms with Crippen molar-refractivity contribution in [1.29, 1.82) is 0 Å². The number of aromatic nitrogens is 1. The number of imide groups is 1. The van der Waals surface area contributed by atoms with Crippen LogP contribution >= 0.6 is 0 Å². The van der Waals surface area contributed by atoms with Crippen LogP contribution in [0.25, 0.3) is 16.5 Å². The highest BCUT2D eigenvalue weighted by molar-refractivity contribution is 6.48. The van der Waals surface area contributed by atoms with Crippen molar-refractivity contribution in [3.8, 4) is 0 Å². The maximum absolute atomic E-state index is 13.0. The number of anilines is 1. The zero-order valence-electron chi connectivity index (χ0n) is 17.5. The largest absolute Gasteiger partial charge is 0.464 e. The standard InChI is InChI=1S/C24H17N5O4/c1-25-22(30)16-9-12-3-2-4-14-19(27-6-7-29(16)20(12)14)18-17(23(31)28-24(18)32)15-11-26-10-13-5-8-33-21(13)15/h2-8,10-11,16H,9H2,1H3,(H,25,30)(H,28,31,32). The number of pyridine rings is 1. The van der Waals surface area contributed by atoms with Crippen LogP contribution in [0.5, 0.6) is 0 Å². The lowest BCUT2D eigenvalue weighted by atomic mass is 9.93. The quantitative estimate of drug-likeness (QED) is 0.600. The Kier molecular flexibility index (Phi) is 4.06. The summed E-state index contributed by atoms with van der Waals surface area (Å²) in [5, 5.41) is 5.82. The smallest absolute Gasteiger partial charge is 0.261 e. The highest BCUT2D eigenvalue weighted by Gasteiger charge is 2.41. The molecule has 0 bridgehead atoms. The van der Waals surface area contributed by atoms with E-state index >= 15 is 0 Å². The van der Waals surface area contributed by atoms with Gasteiger partial charge >= 0.3 is 0 Å². The second-order valence-corrected chi connectivity index (χ2v) is 7.89. The molecule has 33 heavy (non-hydrogen) atoms. The average molecular weight is 439 g/mol. The fourth-order valence-corrected chi connectivity index (χ4v) is 4.73. The molecule has 6 rings (SSSR count). The number of furan rings is 1. The SMILES string of the molecule is CNC(=O)C1Cc2cccc3c2N1C=CN=C3C1=C(c2cncc3ccoc23)C(=O)NC1=O. The molecule has 3 aliphatic heterocycles. The van der Waals surface area contributed by atoms with Gasteiger partial charge in [0.2, 0.25) is 5.91 Å². The number of rotatable bonds is 3. The molecule has 162 valence electrons. The van der Waals surface area contributed by atoms with E-state index in [4.69, 9.17) is 4.42 Å². The lowest BCUT2D eigenvalue weighted by molar-refractivity contribution is -0.123. The van der Waals surface area contributed by atoms with Crippen LogP contribution in [-0.4, -0.2) is 41.5 Å². The number of likely N-dealkylation sites (N-methyl/N-ethyl adjacent to an activating group) is 1. The van der Waals surface area contributed by atoms with E-state index in [0.717, 1.165) is 16.6 Å². The van der Waals surface area contributed by atoms with Crippen LogP contribution in [-0.2, 0) is 20.8 Å². The van der Waals surface area contributed by atoms with Crippen LogP contribution in [0.2, 0.25) is 0 Å². The van der Waals surface area contributed by atoms with Gasteiger partial charge in [0.15, 0.2) is 0 Å². The Morgan fingerprint density at radius 2 is 2.00 bits per heavy atom. The Morgan fingerprint density at radius 3 is 2.85 bits per heavy atom. The lowest BCUT2D eigenvalue weighted by Gasteiger charge is -2.23. The van der Waals surface area contributed by atoms with Gasteiger partial charge in [0.1, 0.15) is 11.6 Å². The number of amides is 3. The molecule has 9 nitrogen and oxygen atoms in total. The summed E-state index contributed by atoms with van der Waals surface area (Å²) in [5.74, 6) is -1.20. The number of para-hydroxylation sites is 1. The number of carbonyl (C=O) groups excluding carboxylic acids is 3. The van der Waals surface area contributed by atoms with Crippen LogP contribution in [0, 0.1) is 0 Å². The van der Waals surface area contributed by atoms with Crippen molar-refractivity contribution < 1.29 is 18.8 Å². The van der Waals surface area contributed by atoms with Gasteiger partial charge in [-0.2, -0.15) is 0 Å². The van der Waals surface area contributed by atoms with Crippen LogP contribution in [0.3, 0.4) is 0 Å². The predicted octanol–water partition coefficient (Wildman–Crippen LogP) is 1.69. The minimum absolute atomic E-state index is 0.116. The lowest BCUT2D eigenvalue weighted by Crippen LogP contribution is -2.41. The van der Waals surface area contributed by atoms with Gasteiger partial charge in [-0.1, -0.05) is 18.2 Å². The molecule has 3 amide bonds. The number of fused-ring (bicyclic) bond motifs is 1. The molecule has 1 unspecified atom stereocenters. The molecule has 0 fully saturated rings. The number of hydrogen-bond acceptors (Lipinski definition) is 7. The van der Waals surface area contributed by atoms with E-state index in [0.29, 0.717) is 28.8 Å². The van der Waals surface area contributed by atoms with Gasteiger partial charge in [-0.15, -0.1) is 0 Å². The van der Waals surface area contributed by atoms with E-state index in [1.165, 1.54) is 12.5 Å². The first kappa shape index (κ1) is 19.2. The Labute approximate surface area is 187 Å². The maximum Gasteiger partial charge on any atom is 0.261 e. The third kappa shape index (κ3) is 2.68. The molecule has 0 aliphatic carbocycles. The first-order valence-electron chi connectivity index (χ1n) is 10.4. The highest BCUT2D eigenvalue weighted by atomic mass is 16.3. The summed E-state index contributed by atoms with van der Waals surface area (Å²) in [6.07, 6.45) is 8.45. The number of carbonyl (C=O) groups is 3. The molecular formula is C24H17N5O4. The van der Waals surface area contributed by atoms with Gasteiger partial charge in [-0.25, -0.2) is 0 Å². The molecule has 2 N–H and O–H groups in total. The first-order valence-corrected chi connectivity index (χ1v) is 10.4. The molecule has 9 heteroatoms. The van der Waals surface area contributed by atoms with Crippen molar-refractivity contribution in [3.05, 3.63) is 77.6 Å². The van der Waals surface area contributed by atoms with Crippen LogP contribution in [0.4, 0.5) is 5.69 Å². The molecule has 1 atom stereocenters. The van der Waals surface area contributed by atoms with Crippen LogP contribution in [0.15, 0.2) is 70.3 Å². The van der Waals surface area contributed by atoms with E-state index in [9.17, 15) is 14.4 Å². The average Bonchev–Trinajstić information content (AvgIpc) is 3.48. The number of nitrogens with one attached hydrogen (secondary N) is 2. The van der Waals surface area contributed by atoms with Crippen molar-refractivity contribution in [1.82, 2.24) is 15.6 Å². The topological polar surface area (TPSA) is 117 Å². The zero-order chi connectivity index (χ0) is 22.7. The Morgan fingerprint density at radius 1 is 1.15 bits per heavy atom. The molecular weight excluding hydrogens is 422 g/mol. The van der Waals surface area contributed by atoms with Crippen LogP contribution in [0.1, 0.15) is 16.7 Å². The summed E-state index contributed by atoms with van der Waals surface area (Å²) in [4.78, 5) is 49.1. The number of benzene rings is 1. The van der Waals surface area contributed by atoms with Crippen molar-refractivity contribution in [2.45, 2.75) is 12.5 Å². The third-order valence-corrected chi connectivity index (χ3v) is 6.16. The summed E-state index contributed by atoms with van der Waals surface area (Å²) < 4.78 is 5.60. The summed E-state index contributed by atoms with van der Waals surface area (Å²) in [6, 6.07) is 6.98. The summed E-state index contributed by atoms with van der Waals surface area (Å²) >= 11 is 0. The van der Waals surface area contributed by atoms with E-state index in [1.54, 1.807) is 31.7 Å². The number of hydrogen-bond donors (Lipinski definition) is 2. The van der Waals surface area contributed by atoms with Gasteiger partial charge in [-0.3, -0.25) is 29.7 Å². The van der Waals surface area contributed by atoms with E-state index < -0.39 is 17.9 Å². The summed E-state index contributed by atoms with van der Waals surface area (Å²) in [7, 11) is 1.60. The minimum Gasteiger partial charge on any atom is -0.464 e. The minimum atomic E-state index is -0.544. The normalized spacial score (nSPS) is 19.0. The maximum atomic E-state index is 13.0. The van der Waals surface area contributed by atoms with Gasteiger partial charge in [0, 0.05) is 54.8 Å². The molecule has 2 aromatic heterocycles. The van der Waals surface area contributed by atoms with Gasteiger partial charge in [0.25, 0.3) is 11.8 Å². The Hall–Kier alpha value is -4.53. The fourth-order valence-electron chi connectivity index (χ4n) is 4.73. The predicted molar refractivity (Wildman–Crippen MR) is 120 cm³/mol. The second-order valence-electron chi connectivity index (χ2n) is 7.89. The fraction of sp³-hybridized carbons (Fsp3) is 0.125. The molecule has 0 spiro atoms. The summed E-state index contributed by atoms with van der Waals surface area (Å²) in [6.45, 7) is 0. The molecule has 5 heterocycles. The van der Waals surface area contributed by atoms with Crippen molar-refractivity contribution in [2.24, 2.45) is 4.99 Å². The van der Waals surface area contributed by atoms with Crippen molar-refractivity contribution in [3.63, 3.8) is 0 Å². The van der Waals surface area contributed by atoms with E-state index in [2.05, 4.69) is 20.6 Å². The zero-order valence-corrected chi connectivity index (χ0v) is 17.5.